The summed E-state index contributed by atoms with van der Waals surface area (Å²) in [5, 5.41) is 44.6. The van der Waals surface area contributed by atoms with Crippen molar-refractivity contribution >= 4 is 17.3 Å². The number of carbonyl (C=O) groups excluding carboxylic acids is 1. The lowest BCUT2D eigenvalue weighted by Crippen LogP contribution is -2.49. The molecule has 0 fully saturated rings. The van der Waals surface area contributed by atoms with Crippen molar-refractivity contribution in [2.75, 3.05) is 65.2 Å². The summed E-state index contributed by atoms with van der Waals surface area (Å²) in [5.74, 6) is -1.08. The Bertz CT molecular complexity index is 1120. The molecular weight excluding hydrogens is 546 g/mol. The molecule has 5 unspecified atom stereocenters. The molecule has 0 saturated heterocycles. The highest BCUT2D eigenvalue weighted by atomic mass is 16.7. The first-order valence-electron chi connectivity index (χ1n) is 13.1. The van der Waals surface area contributed by atoms with E-state index < -0.39 is 47.3 Å². The van der Waals surface area contributed by atoms with Crippen LogP contribution in [0.1, 0.15) is 24.3 Å². The topological polar surface area (TPSA) is 215 Å². The first-order valence-corrected chi connectivity index (χ1v) is 13.1. The molecule has 2 aromatic rings. The van der Waals surface area contributed by atoms with E-state index in [-0.39, 0.29) is 69.9 Å². The van der Waals surface area contributed by atoms with Gasteiger partial charge in [-0.3, -0.25) is 14.4 Å². The lowest BCUT2D eigenvalue weighted by Gasteiger charge is -2.30. The Morgan fingerprint density at radius 1 is 0.976 bits per heavy atom. The van der Waals surface area contributed by atoms with Crippen molar-refractivity contribution in [3.63, 3.8) is 0 Å². The molecule has 1 amide bonds. The third-order valence-electron chi connectivity index (χ3n) is 5.92. The van der Waals surface area contributed by atoms with Gasteiger partial charge in [0.1, 0.15) is 23.6 Å². The van der Waals surface area contributed by atoms with Gasteiger partial charge < -0.3 is 54.7 Å². The molecule has 0 saturated carbocycles. The number of aliphatic hydroxyl groups is 4. The molecule has 0 aliphatic heterocycles. The summed E-state index contributed by atoms with van der Waals surface area (Å²) in [7, 11) is 1.28. The maximum absolute atomic E-state index is 12.3. The second kappa shape index (κ2) is 17.7. The highest BCUT2D eigenvalue weighted by Gasteiger charge is 2.34. The van der Waals surface area contributed by atoms with E-state index in [9.17, 15) is 29.7 Å². The maximum Gasteiger partial charge on any atom is 0.272 e. The van der Waals surface area contributed by atoms with Crippen LogP contribution in [0.2, 0.25) is 0 Å². The van der Waals surface area contributed by atoms with Crippen LogP contribution < -0.4 is 26.2 Å². The average Bonchev–Trinajstić information content (AvgIpc) is 3.00. The molecule has 2 rings (SSSR count). The molecule has 1 heterocycles. The van der Waals surface area contributed by atoms with E-state index in [1.165, 1.54) is 26.3 Å². The number of aliphatic hydroxyl groups excluding tert-OH is 4. The van der Waals surface area contributed by atoms with Gasteiger partial charge in [-0.15, -0.1) is 0 Å². The number of nitrogens with one attached hydrogen (secondary N) is 2. The lowest BCUT2D eigenvalue weighted by molar-refractivity contribution is -0.222. The number of rotatable bonds is 21. The van der Waals surface area contributed by atoms with Crippen molar-refractivity contribution in [3.8, 4) is 5.75 Å². The maximum atomic E-state index is 12.3. The molecule has 230 valence electrons. The van der Waals surface area contributed by atoms with Gasteiger partial charge >= 0.3 is 0 Å². The second-order valence-electron chi connectivity index (χ2n) is 8.94. The summed E-state index contributed by atoms with van der Waals surface area (Å²) < 4.78 is 26.3. The van der Waals surface area contributed by atoms with Crippen LogP contribution in [0.4, 0.5) is 11.4 Å². The monoisotopic (exact) mass is 585 g/mol. The predicted molar refractivity (Wildman–Crippen MR) is 145 cm³/mol. The first-order chi connectivity index (χ1) is 19.7. The number of hydrogen-bond acceptors (Lipinski definition) is 14. The van der Waals surface area contributed by atoms with Crippen molar-refractivity contribution in [1.82, 2.24) is 10.3 Å². The van der Waals surface area contributed by atoms with E-state index in [2.05, 4.69) is 15.6 Å². The zero-order valence-corrected chi connectivity index (χ0v) is 23.3. The molecule has 0 bridgehead atoms. The van der Waals surface area contributed by atoms with Crippen LogP contribution in [0.3, 0.4) is 0 Å². The molecular formula is C26H39N3O12. The Morgan fingerprint density at radius 3 is 2.27 bits per heavy atom. The Hall–Kier alpha value is -3.02. The Balaban J connectivity index is 1.57. The fourth-order valence-corrected chi connectivity index (χ4v) is 3.50. The molecule has 15 heteroatoms. The van der Waals surface area contributed by atoms with Crippen molar-refractivity contribution in [2.45, 2.75) is 38.4 Å². The smallest absolute Gasteiger partial charge is 0.272 e. The molecule has 1 aromatic carbocycles. The number of hydrogen-bond donors (Lipinski definition) is 6. The number of amides is 1. The third-order valence-corrected chi connectivity index (χ3v) is 5.92. The van der Waals surface area contributed by atoms with E-state index >= 15 is 0 Å². The summed E-state index contributed by atoms with van der Waals surface area (Å²) in [6.07, 6.45) is -4.32. The van der Waals surface area contributed by atoms with E-state index in [1.54, 1.807) is 13.0 Å². The molecule has 15 nitrogen and oxygen atoms in total. The summed E-state index contributed by atoms with van der Waals surface area (Å²) in [6.45, 7) is 4.21. The van der Waals surface area contributed by atoms with Gasteiger partial charge in [-0.05, 0) is 19.1 Å². The Kier molecular flexibility index (Phi) is 14.8. The number of aromatic nitrogens is 1. The van der Waals surface area contributed by atoms with Crippen LogP contribution >= 0.6 is 0 Å². The van der Waals surface area contributed by atoms with E-state index in [1.807, 2.05) is 0 Å². The number of methoxy groups -OCH3 is 1. The van der Waals surface area contributed by atoms with Gasteiger partial charge in [0.2, 0.25) is 0 Å². The van der Waals surface area contributed by atoms with Crippen LogP contribution in [0.15, 0.2) is 27.9 Å². The minimum atomic E-state index is -1.58. The molecule has 0 aliphatic rings. The highest BCUT2D eigenvalue weighted by molar-refractivity contribution is 5.92. The number of pyridine rings is 1. The third kappa shape index (κ3) is 10.1. The molecule has 0 aliphatic carbocycles. The zero-order chi connectivity index (χ0) is 30.4. The molecule has 41 heavy (non-hydrogen) atoms. The van der Waals surface area contributed by atoms with Gasteiger partial charge in [-0.2, -0.15) is 0 Å². The Morgan fingerprint density at radius 2 is 1.66 bits per heavy atom. The fourth-order valence-electron chi connectivity index (χ4n) is 3.50. The van der Waals surface area contributed by atoms with Gasteiger partial charge in [0.05, 0.1) is 57.6 Å². The van der Waals surface area contributed by atoms with E-state index in [4.69, 9.17) is 28.8 Å². The summed E-state index contributed by atoms with van der Waals surface area (Å²) in [6, 6.07) is 3.01. The summed E-state index contributed by atoms with van der Waals surface area (Å²) in [4.78, 5) is 39.6. The second-order valence-corrected chi connectivity index (χ2v) is 8.94. The fraction of sp³-hybridized carbons (Fsp3) is 0.615. The molecule has 6 N–H and O–H groups in total. The lowest BCUT2D eigenvalue weighted by atomic mass is 9.97. The molecule has 1 aromatic heterocycles. The molecule has 0 radical (unpaired) electrons. The van der Waals surface area contributed by atoms with Crippen LogP contribution in [0, 0.1) is 5.92 Å². The highest BCUT2D eigenvalue weighted by Crippen LogP contribution is 2.22. The summed E-state index contributed by atoms with van der Waals surface area (Å²) >= 11 is 0. The van der Waals surface area contributed by atoms with Crippen molar-refractivity contribution in [3.05, 3.63) is 44.5 Å². The van der Waals surface area contributed by atoms with Crippen molar-refractivity contribution in [1.29, 1.82) is 0 Å². The minimum absolute atomic E-state index is 0.0177. The standard InChI is InChI=1S/C26H39N3O12/c1-4-40-24-18(20(32)22(24)34)29-16-5-6-17(28-13-16)25(36)27-7-8-38-9-10-39-11-12-41-26(37-3)23(35)21(33)19(31)15(2)14-30/h5-6,13,15,19,21,23,26,29-31,33,35H,4,7-12,14H2,1-3H3,(H,27,36). The van der Waals surface area contributed by atoms with Gasteiger partial charge in [0, 0.05) is 26.2 Å². The van der Waals surface area contributed by atoms with E-state index in [0.717, 1.165) is 0 Å². The average molecular weight is 586 g/mol. The largest absolute Gasteiger partial charge is 0.488 e. The SMILES string of the molecule is CCOc1c(Nc2ccc(C(=O)NCCOCCOCCOC(OC)C(O)C(O)C(O)C(C)CO)nc2)c(=O)c1=O. The minimum Gasteiger partial charge on any atom is -0.488 e. The van der Waals surface area contributed by atoms with Gasteiger partial charge in [-0.25, -0.2) is 4.98 Å². The number of ether oxygens (including phenoxy) is 5. The quantitative estimate of drug-likeness (QED) is 0.0546. The van der Waals surface area contributed by atoms with E-state index in [0.29, 0.717) is 5.69 Å². The van der Waals surface area contributed by atoms with Gasteiger partial charge in [-0.1, -0.05) is 6.92 Å². The normalized spacial score (nSPS) is 15.2. The predicted octanol–water partition coefficient (Wildman–Crippen LogP) is -1.72. The van der Waals surface area contributed by atoms with Crippen LogP contribution in [-0.4, -0.2) is 116 Å². The number of anilines is 2. The number of nitrogens with zero attached hydrogens (tertiary/aromatic N) is 1. The van der Waals surface area contributed by atoms with Crippen molar-refractivity contribution < 1.29 is 48.9 Å². The van der Waals surface area contributed by atoms with Gasteiger partial charge in [0.15, 0.2) is 12.0 Å². The van der Waals surface area contributed by atoms with Crippen LogP contribution in [0.5, 0.6) is 5.75 Å². The summed E-state index contributed by atoms with van der Waals surface area (Å²) in [5.41, 5.74) is -0.729. The van der Waals surface area contributed by atoms with Gasteiger partial charge in [0.25, 0.3) is 16.8 Å². The zero-order valence-electron chi connectivity index (χ0n) is 23.3. The number of carbonyl (C=O) groups is 1. The van der Waals surface area contributed by atoms with Crippen LogP contribution in [-0.2, 0) is 18.9 Å². The molecule has 0 spiro atoms. The molecule has 5 atom stereocenters. The van der Waals surface area contributed by atoms with Crippen LogP contribution in [0.25, 0.3) is 0 Å². The Labute approximate surface area is 236 Å². The first kappa shape index (κ1) is 34.2. The van der Waals surface area contributed by atoms with Crippen molar-refractivity contribution in [2.24, 2.45) is 5.92 Å².